The van der Waals surface area contributed by atoms with Gasteiger partial charge in [0.25, 0.3) is 0 Å². The van der Waals surface area contributed by atoms with Crippen LogP contribution >= 0.6 is 43.2 Å². The molecule has 0 aliphatic carbocycles. The van der Waals surface area contributed by atoms with E-state index in [9.17, 15) is 19.5 Å². The Hall–Kier alpha value is -4.23. The lowest BCUT2D eigenvalue weighted by atomic mass is 9.75. The summed E-state index contributed by atoms with van der Waals surface area (Å²) in [4.78, 5) is 45.5. The lowest BCUT2D eigenvalue weighted by Gasteiger charge is -2.37. The molecule has 0 aliphatic rings. The van der Waals surface area contributed by atoms with E-state index in [2.05, 4.69) is 60.6 Å². The number of nitrogens with zero attached hydrogens (tertiary/aromatic N) is 1. The van der Waals surface area contributed by atoms with Crippen LogP contribution < -0.4 is 22.1 Å². The largest absolute Gasteiger partial charge is 0.466 e. The molecule has 0 bridgehead atoms. The molecule has 4 aromatic rings. The number of carbonyl (C=O) groups is 3. The highest BCUT2D eigenvalue weighted by molar-refractivity contribution is 8.77. The summed E-state index contributed by atoms with van der Waals surface area (Å²) in [6.45, 7) is 16.4. The molecule has 0 spiro atoms. The van der Waals surface area contributed by atoms with E-state index in [1.807, 2.05) is 93.6 Å². The van der Waals surface area contributed by atoms with Crippen molar-refractivity contribution in [3.63, 3.8) is 0 Å². The summed E-state index contributed by atoms with van der Waals surface area (Å²) in [5.74, 6) is -0.887. The summed E-state index contributed by atoms with van der Waals surface area (Å²) in [5.41, 5.74) is 14.6. The monoisotopic (exact) mass is 1090 g/mol. The van der Waals surface area contributed by atoms with Crippen molar-refractivity contribution in [2.24, 2.45) is 10.8 Å². The molecule has 0 fully saturated rings. The van der Waals surface area contributed by atoms with E-state index >= 15 is 0 Å². The van der Waals surface area contributed by atoms with Gasteiger partial charge in [0.15, 0.2) is 0 Å². The number of carbonyl (C=O) groups excluding carboxylic acids is 3. The van der Waals surface area contributed by atoms with E-state index in [1.54, 1.807) is 43.2 Å². The first kappa shape index (κ1) is 62.3. The van der Waals surface area contributed by atoms with Crippen molar-refractivity contribution in [3.05, 3.63) is 97.1 Å². The topological polar surface area (TPSA) is 188 Å². The summed E-state index contributed by atoms with van der Waals surface area (Å²) in [6.07, 6.45) is 6.21. The minimum atomic E-state index is -0.384. The predicted octanol–water partition coefficient (Wildman–Crippen LogP) is 13.0. The summed E-state index contributed by atoms with van der Waals surface area (Å²) in [7, 11) is 6.76. The Labute approximate surface area is 457 Å². The molecule has 408 valence electrons. The molecule has 0 radical (unpaired) electrons. The Morgan fingerprint density at radius 3 is 1.59 bits per heavy atom. The number of nitrogens with one attached hydrogen (secondary N) is 2. The van der Waals surface area contributed by atoms with Gasteiger partial charge in [-0.2, -0.15) is 0 Å². The van der Waals surface area contributed by atoms with Crippen molar-refractivity contribution < 1.29 is 38.4 Å². The van der Waals surface area contributed by atoms with Crippen molar-refractivity contribution in [2.75, 3.05) is 81.3 Å². The zero-order valence-corrected chi connectivity index (χ0v) is 47.8. The molecule has 74 heavy (non-hydrogen) atoms. The summed E-state index contributed by atoms with van der Waals surface area (Å²) in [5, 5.41) is 16.2. The van der Waals surface area contributed by atoms with Gasteiger partial charge in [0, 0.05) is 87.1 Å². The number of anilines is 4. The molecule has 7 N–H and O–H groups in total. The molecule has 0 saturated heterocycles. The molecule has 3 unspecified atom stereocenters. The van der Waals surface area contributed by atoms with Gasteiger partial charge in [0.1, 0.15) is 0 Å². The molecule has 4 rings (SSSR count). The van der Waals surface area contributed by atoms with Crippen molar-refractivity contribution in [1.29, 1.82) is 0 Å². The number of unbranched alkanes of at least 4 members (excludes halogenated alkanes) is 1. The van der Waals surface area contributed by atoms with Crippen LogP contribution in [0.2, 0.25) is 0 Å². The van der Waals surface area contributed by atoms with Gasteiger partial charge >= 0.3 is 17.9 Å². The molecule has 13 nitrogen and oxygen atoms in total. The number of hydrogen-bond acceptors (Lipinski definition) is 17. The zero-order chi connectivity index (χ0) is 53.6. The molecular formula is C57H83N5O8S4. The van der Waals surface area contributed by atoms with Gasteiger partial charge in [0.05, 0.1) is 44.7 Å². The van der Waals surface area contributed by atoms with E-state index in [-0.39, 0.29) is 73.4 Å². The molecular weight excluding hydrogens is 1010 g/mol. The van der Waals surface area contributed by atoms with Gasteiger partial charge in [-0.15, -0.1) is 0 Å². The predicted molar refractivity (Wildman–Crippen MR) is 310 cm³/mol. The first-order valence-corrected chi connectivity index (χ1v) is 30.5. The zero-order valence-electron chi connectivity index (χ0n) is 44.6. The van der Waals surface area contributed by atoms with Crippen LogP contribution in [0.15, 0.2) is 117 Å². The maximum Gasteiger partial charge on any atom is 0.307 e. The second-order valence-corrected chi connectivity index (χ2v) is 23.7. The van der Waals surface area contributed by atoms with Crippen LogP contribution in [0.1, 0.15) is 112 Å². The number of benzene rings is 4. The number of rotatable bonds is 38. The minimum Gasteiger partial charge on any atom is -0.466 e. The first-order chi connectivity index (χ1) is 35.7. The highest BCUT2D eigenvalue weighted by Gasteiger charge is 2.34. The van der Waals surface area contributed by atoms with Crippen molar-refractivity contribution in [2.45, 2.75) is 144 Å². The maximum atomic E-state index is 13.1. The van der Waals surface area contributed by atoms with Crippen LogP contribution in [0.4, 0.5) is 22.7 Å². The van der Waals surface area contributed by atoms with Crippen LogP contribution in [-0.4, -0.2) is 99.3 Å². The fourth-order valence-corrected chi connectivity index (χ4v) is 12.2. The minimum absolute atomic E-state index is 0.00507. The molecule has 0 saturated carbocycles. The quantitative estimate of drug-likeness (QED) is 0.00937. The molecule has 0 heterocycles. The molecule has 0 aromatic heterocycles. The second-order valence-electron chi connectivity index (χ2n) is 19.1. The third-order valence-corrected chi connectivity index (χ3v) is 18.3. The standard InChI is InChI=1S/C57H83N5O8S4/c1-7-56(6,42-69-53(64)29-34-61-48-19-27-52(28-20-48)74-72-50-23-15-46(59)16-24-50)41-43(4)70-55(66)31-37-62(35-10-11-38-63)36-30-54(65)68-40-32-57(8-2,9-3)44(5)67-39-12-33-60-47-17-25-51(26-18-47)73-71-49-21-13-45(58)14-22-49/h13-28,43-44,60-61,63H,7-12,29-42,58-59H2,1-6H3. The average molecular weight is 1090 g/mol. The Bertz CT molecular complexity index is 2200. The van der Waals surface area contributed by atoms with Gasteiger partial charge in [-0.05, 0) is 174 Å². The van der Waals surface area contributed by atoms with Crippen molar-refractivity contribution in [1.82, 2.24) is 4.90 Å². The number of esters is 3. The summed E-state index contributed by atoms with van der Waals surface area (Å²) >= 11 is 0. The highest BCUT2D eigenvalue weighted by Crippen LogP contribution is 2.40. The molecule has 0 amide bonds. The average Bonchev–Trinajstić information content (AvgIpc) is 3.40. The highest BCUT2D eigenvalue weighted by atomic mass is 33.1. The number of aliphatic hydroxyl groups excluding tert-OH is 1. The summed E-state index contributed by atoms with van der Waals surface area (Å²) < 4.78 is 23.8. The van der Waals surface area contributed by atoms with Crippen molar-refractivity contribution in [3.8, 4) is 0 Å². The second kappa shape index (κ2) is 34.4. The number of hydrogen-bond donors (Lipinski definition) is 5. The smallest absolute Gasteiger partial charge is 0.307 e. The SMILES string of the molecule is CCC(C)(COC(=O)CCNc1ccc(SSc2ccc(N)cc2)cc1)CC(C)OC(=O)CCN(CCCCO)CCC(=O)OCCC(CC)(CC)C(C)OCCCNc1ccc(SSc2ccc(N)cc2)cc1. The van der Waals surface area contributed by atoms with Crippen LogP contribution in [0, 0.1) is 10.8 Å². The van der Waals surface area contributed by atoms with Gasteiger partial charge in [0.2, 0.25) is 0 Å². The molecule has 0 aliphatic heterocycles. The number of nitrogens with two attached hydrogens (primary N) is 2. The number of aliphatic hydroxyl groups is 1. The van der Waals surface area contributed by atoms with Crippen LogP contribution in [0.3, 0.4) is 0 Å². The number of ether oxygens (including phenoxy) is 4. The third-order valence-electron chi connectivity index (χ3n) is 13.4. The molecule has 3 atom stereocenters. The van der Waals surface area contributed by atoms with E-state index in [0.717, 1.165) is 76.1 Å². The molecule has 4 aromatic carbocycles. The normalized spacial score (nSPS) is 13.2. The van der Waals surface area contributed by atoms with E-state index in [1.165, 1.54) is 4.90 Å². The lowest BCUT2D eigenvalue weighted by Crippen LogP contribution is -2.36. The Morgan fingerprint density at radius 2 is 1.09 bits per heavy atom. The third kappa shape index (κ3) is 24.2. The molecule has 17 heteroatoms. The van der Waals surface area contributed by atoms with Gasteiger partial charge < -0.3 is 51.1 Å². The van der Waals surface area contributed by atoms with E-state index in [4.69, 9.17) is 30.4 Å². The summed E-state index contributed by atoms with van der Waals surface area (Å²) in [6, 6.07) is 32.2. The van der Waals surface area contributed by atoms with Crippen LogP contribution in [0.5, 0.6) is 0 Å². The van der Waals surface area contributed by atoms with Gasteiger partial charge in [-0.3, -0.25) is 14.4 Å². The maximum absolute atomic E-state index is 13.1. The fourth-order valence-electron chi connectivity index (χ4n) is 8.30. The van der Waals surface area contributed by atoms with Crippen molar-refractivity contribution >= 4 is 83.8 Å². The van der Waals surface area contributed by atoms with E-state index < -0.39 is 0 Å². The number of nitrogen functional groups attached to an aromatic ring is 2. The van der Waals surface area contributed by atoms with Crippen LogP contribution in [-0.2, 0) is 33.3 Å². The Morgan fingerprint density at radius 1 is 0.608 bits per heavy atom. The first-order valence-electron chi connectivity index (χ1n) is 26.2. The van der Waals surface area contributed by atoms with Gasteiger partial charge in [-0.25, -0.2) is 0 Å². The Kier molecular flexibility index (Phi) is 29.0. The van der Waals surface area contributed by atoms with Crippen LogP contribution in [0.25, 0.3) is 0 Å². The van der Waals surface area contributed by atoms with E-state index in [0.29, 0.717) is 58.7 Å². The van der Waals surface area contributed by atoms with Gasteiger partial charge in [-0.1, -0.05) is 70.9 Å². The fraction of sp³-hybridized carbons (Fsp3) is 0.526. The lowest BCUT2D eigenvalue weighted by molar-refractivity contribution is -0.154. The Balaban J connectivity index is 1.09.